The normalized spacial score (nSPS) is 23.1. The van der Waals surface area contributed by atoms with Gasteiger partial charge in [0.2, 0.25) is 5.88 Å². The van der Waals surface area contributed by atoms with Gasteiger partial charge in [0.15, 0.2) is 0 Å². The summed E-state index contributed by atoms with van der Waals surface area (Å²) in [7, 11) is 0. The Morgan fingerprint density at radius 1 is 1.32 bits per heavy atom. The maximum Gasteiger partial charge on any atom is 0.219 e. The van der Waals surface area contributed by atoms with E-state index in [4.69, 9.17) is 10.6 Å². The van der Waals surface area contributed by atoms with E-state index in [0.717, 1.165) is 18.7 Å². The fourth-order valence-electron chi connectivity index (χ4n) is 2.72. The summed E-state index contributed by atoms with van der Waals surface area (Å²) < 4.78 is 6.10. The van der Waals surface area contributed by atoms with E-state index in [2.05, 4.69) is 22.3 Å². The number of aryl methyl sites for hydroxylation is 1. The van der Waals surface area contributed by atoms with Crippen LogP contribution in [0.1, 0.15) is 51.8 Å². The van der Waals surface area contributed by atoms with Crippen molar-refractivity contribution >= 4 is 5.82 Å². The highest BCUT2D eigenvalue weighted by molar-refractivity contribution is 5.37. The predicted molar refractivity (Wildman–Crippen MR) is 75.9 cm³/mol. The van der Waals surface area contributed by atoms with E-state index in [1.54, 1.807) is 6.07 Å². The molecule has 1 aliphatic carbocycles. The van der Waals surface area contributed by atoms with Crippen LogP contribution in [0.4, 0.5) is 5.82 Å². The second-order valence-corrected chi connectivity index (χ2v) is 5.11. The van der Waals surface area contributed by atoms with Gasteiger partial charge in [-0.3, -0.25) is 0 Å². The van der Waals surface area contributed by atoms with Crippen LogP contribution in [-0.4, -0.2) is 16.1 Å². The number of nitrogens with one attached hydrogen (secondary N) is 1. The molecule has 2 unspecified atom stereocenters. The van der Waals surface area contributed by atoms with E-state index in [1.165, 1.54) is 25.7 Å². The van der Waals surface area contributed by atoms with E-state index in [0.29, 0.717) is 17.6 Å². The molecule has 2 rings (SSSR count). The maximum absolute atomic E-state index is 6.10. The Kier molecular flexibility index (Phi) is 4.96. The molecule has 1 heterocycles. The minimum absolute atomic E-state index is 0.281. The van der Waals surface area contributed by atoms with Crippen LogP contribution in [0.15, 0.2) is 6.07 Å². The fourth-order valence-corrected chi connectivity index (χ4v) is 2.72. The molecule has 0 amide bonds. The van der Waals surface area contributed by atoms with Crippen LogP contribution >= 0.6 is 0 Å². The van der Waals surface area contributed by atoms with Crippen molar-refractivity contribution in [2.24, 2.45) is 11.8 Å². The Balaban J connectivity index is 2.12. The van der Waals surface area contributed by atoms with Crippen molar-refractivity contribution in [3.8, 4) is 5.88 Å². The molecule has 19 heavy (non-hydrogen) atoms. The summed E-state index contributed by atoms with van der Waals surface area (Å²) in [6, 6.07) is 1.78. The molecule has 106 valence electrons. The highest BCUT2D eigenvalue weighted by atomic mass is 16.5. The van der Waals surface area contributed by atoms with E-state index in [-0.39, 0.29) is 6.10 Å². The lowest BCUT2D eigenvalue weighted by atomic mass is 9.85. The minimum Gasteiger partial charge on any atom is -0.474 e. The molecule has 0 aliphatic heterocycles. The lowest BCUT2D eigenvalue weighted by Crippen LogP contribution is -2.30. The summed E-state index contributed by atoms with van der Waals surface area (Å²) in [6.07, 6.45) is 7.16. The number of ether oxygens (including phenoxy) is 1. The predicted octanol–water partition coefficient (Wildman–Crippen LogP) is 2.67. The number of aromatic nitrogens is 2. The molecule has 1 aliphatic rings. The monoisotopic (exact) mass is 264 g/mol. The van der Waals surface area contributed by atoms with Crippen molar-refractivity contribution in [2.45, 2.75) is 58.5 Å². The number of nitrogens with zero attached hydrogens (tertiary/aromatic N) is 2. The van der Waals surface area contributed by atoms with Gasteiger partial charge >= 0.3 is 0 Å². The van der Waals surface area contributed by atoms with Gasteiger partial charge in [0, 0.05) is 12.5 Å². The topological polar surface area (TPSA) is 73.1 Å². The highest BCUT2D eigenvalue weighted by Crippen LogP contribution is 2.30. The molecule has 1 fully saturated rings. The minimum atomic E-state index is 0.281. The van der Waals surface area contributed by atoms with Gasteiger partial charge < -0.3 is 10.2 Å². The lowest BCUT2D eigenvalue weighted by molar-refractivity contribution is 0.0855. The highest BCUT2D eigenvalue weighted by Gasteiger charge is 2.25. The van der Waals surface area contributed by atoms with Gasteiger partial charge in [0.25, 0.3) is 0 Å². The molecular formula is C14H24N4O. The molecular weight excluding hydrogens is 240 g/mol. The van der Waals surface area contributed by atoms with Crippen LogP contribution in [0.25, 0.3) is 0 Å². The number of hydrazine groups is 1. The van der Waals surface area contributed by atoms with Gasteiger partial charge in [-0.1, -0.05) is 20.3 Å². The first-order valence-electron chi connectivity index (χ1n) is 7.28. The molecule has 0 bridgehead atoms. The number of rotatable bonds is 5. The van der Waals surface area contributed by atoms with Crippen molar-refractivity contribution in [3.63, 3.8) is 0 Å². The van der Waals surface area contributed by atoms with Crippen molar-refractivity contribution in [3.05, 3.63) is 11.9 Å². The third-order valence-electron chi connectivity index (χ3n) is 3.85. The Labute approximate surface area is 114 Å². The van der Waals surface area contributed by atoms with E-state index >= 15 is 0 Å². The summed E-state index contributed by atoms with van der Waals surface area (Å²) >= 11 is 0. The van der Waals surface area contributed by atoms with E-state index < -0.39 is 0 Å². The third-order valence-corrected chi connectivity index (χ3v) is 3.85. The number of hydrogen-bond donors (Lipinski definition) is 2. The number of nitrogen functional groups attached to an aromatic ring is 1. The maximum atomic E-state index is 6.10. The first kappa shape index (κ1) is 14.1. The van der Waals surface area contributed by atoms with Crippen molar-refractivity contribution in [1.82, 2.24) is 9.97 Å². The number of hydrogen-bond acceptors (Lipinski definition) is 5. The molecule has 0 aromatic carbocycles. The third kappa shape index (κ3) is 3.56. The second-order valence-electron chi connectivity index (χ2n) is 5.11. The second kappa shape index (κ2) is 6.70. The summed E-state index contributed by atoms with van der Waals surface area (Å²) in [5.74, 6) is 8.09. The van der Waals surface area contributed by atoms with Crippen LogP contribution in [0.3, 0.4) is 0 Å². The lowest BCUT2D eigenvalue weighted by Gasteiger charge is -2.30. The Hall–Kier alpha value is -1.36. The number of nitrogens with two attached hydrogens (primary N) is 1. The quantitative estimate of drug-likeness (QED) is 0.632. The van der Waals surface area contributed by atoms with Crippen LogP contribution in [0.5, 0.6) is 5.88 Å². The molecule has 0 saturated heterocycles. The van der Waals surface area contributed by atoms with Crippen molar-refractivity contribution in [2.75, 3.05) is 5.43 Å². The molecule has 5 nitrogen and oxygen atoms in total. The molecule has 3 N–H and O–H groups in total. The summed E-state index contributed by atoms with van der Waals surface area (Å²) in [5, 5.41) is 0. The molecule has 1 saturated carbocycles. The van der Waals surface area contributed by atoms with E-state index in [9.17, 15) is 0 Å². The van der Waals surface area contributed by atoms with Gasteiger partial charge in [-0.2, -0.15) is 4.98 Å². The fraction of sp³-hybridized carbons (Fsp3) is 0.714. The average Bonchev–Trinajstić information content (AvgIpc) is 2.47. The van der Waals surface area contributed by atoms with Crippen LogP contribution < -0.4 is 16.0 Å². The Bertz CT molecular complexity index is 388. The molecule has 1 aromatic rings. The smallest absolute Gasteiger partial charge is 0.219 e. The zero-order valence-electron chi connectivity index (χ0n) is 11.9. The van der Waals surface area contributed by atoms with Gasteiger partial charge in [-0.25, -0.2) is 10.8 Å². The summed E-state index contributed by atoms with van der Waals surface area (Å²) in [4.78, 5) is 8.71. The van der Waals surface area contributed by atoms with Gasteiger partial charge in [0.05, 0.1) is 0 Å². The molecule has 0 spiro atoms. The van der Waals surface area contributed by atoms with Crippen LogP contribution in [0.2, 0.25) is 0 Å². The van der Waals surface area contributed by atoms with Gasteiger partial charge in [-0.05, 0) is 31.6 Å². The van der Waals surface area contributed by atoms with Crippen LogP contribution in [-0.2, 0) is 6.42 Å². The first-order chi connectivity index (χ1) is 9.26. The standard InChI is InChI=1S/C14H24N4O/c1-3-10-7-5-6-8-11(10)19-14-9-13(18-15)16-12(4-2)17-14/h9-11H,3-8,15H2,1-2H3,(H,16,17,18). The Morgan fingerprint density at radius 2 is 2.11 bits per heavy atom. The molecule has 1 aromatic heterocycles. The van der Waals surface area contributed by atoms with Crippen LogP contribution in [0, 0.1) is 5.92 Å². The molecule has 2 atom stereocenters. The zero-order chi connectivity index (χ0) is 13.7. The number of anilines is 1. The SMILES string of the molecule is CCc1nc(NN)cc(OC2CCCCC2CC)n1. The zero-order valence-corrected chi connectivity index (χ0v) is 11.9. The van der Waals surface area contributed by atoms with Crippen molar-refractivity contribution in [1.29, 1.82) is 0 Å². The summed E-state index contributed by atoms with van der Waals surface area (Å²) in [6.45, 7) is 4.26. The van der Waals surface area contributed by atoms with Gasteiger partial charge in [0.1, 0.15) is 17.7 Å². The Morgan fingerprint density at radius 3 is 2.79 bits per heavy atom. The average molecular weight is 264 g/mol. The van der Waals surface area contributed by atoms with E-state index in [1.807, 2.05) is 6.92 Å². The first-order valence-corrected chi connectivity index (χ1v) is 7.28. The molecule has 5 heteroatoms. The molecule has 0 radical (unpaired) electrons. The largest absolute Gasteiger partial charge is 0.474 e. The van der Waals surface area contributed by atoms with Crippen molar-refractivity contribution < 1.29 is 4.74 Å². The summed E-state index contributed by atoms with van der Waals surface area (Å²) in [5.41, 5.74) is 2.57. The van der Waals surface area contributed by atoms with Gasteiger partial charge in [-0.15, -0.1) is 0 Å².